The quantitative estimate of drug-likeness (QED) is 0.310. The zero-order valence-corrected chi connectivity index (χ0v) is 23.8. The normalized spacial score (nSPS) is 36.3. The number of Topliss-reactive ketones (excluding diaryl/α,β-unsaturated/α-hetero) is 1. The van der Waals surface area contributed by atoms with Gasteiger partial charge < -0.3 is 20.1 Å². The molecule has 1 spiro atoms. The zero-order valence-electron chi connectivity index (χ0n) is 23.8. The molecule has 3 aromatic rings. The maximum absolute atomic E-state index is 14.9. The van der Waals surface area contributed by atoms with Crippen molar-refractivity contribution in [1.82, 2.24) is 0 Å². The molecule has 4 aliphatic rings. The first-order chi connectivity index (χ1) is 19.8. The molecule has 0 aromatic heterocycles. The fraction of sp³-hybridized carbons (Fsp3) is 0.472. The number of aliphatic hydroxyl groups is 3. The summed E-state index contributed by atoms with van der Waals surface area (Å²) in [6, 6.07) is 21.3. The number of carbonyl (C=O) groups is 1. The van der Waals surface area contributed by atoms with Gasteiger partial charge in [-0.3, -0.25) is 4.79 Å². The third-order valence-corrected chi connectivity index (χ3v) is 11.6. The van der Waals surface area contributed by atoms with Crippen LogP contribution in [0.5, 0.6) is 0 Å². The number of hydrogen-bond acceptors (Lipinski definition) is 5. The van der Waals surface area contributed by atoms with E-state index in [9.17, 15) is 20.1 Å². The van der Waals surface area contributed by atoms with E-state index in [4.69, 9.17) is 4.74 Å². The van der Waals surface area contributed by atoms with Gasteiger partial charge in [-0.25, -0.2) is 0 Å². The molecule has 3 fully saturated rings. The van der Waals surface area contributed by atoms with Gasteiger partial charge in [0.25, 0.3) is 0 Å². The number of methoxy groups -OCH3 is 1. The SMILES string of the molecule is C=C1[C@@H]2[C@H](CO)[C@@H]3CCC[C@@]14Cc1ccc5ccc(cc5c1)[C@@H](CO)Cc1cccc(c1)CCC(=O)[C@@]34[C@@]2(O)OC. The second-order valence-corrected chi connectivity index (χ2v) is 13.1. The Bertz CT molecular complexity index is 1540. The van der Waals surface area contributed by atoms with Crippen molar-refractivity contribution in [2.75, 3.05) is 20.3 Å². The number of aryl methyl sites for hydroxylation is 1. The van der Waals surface area contributed by atoms with E-state index in [2.05, 4.69) is 61.2 Å². The average Bonchev–Trinajstić information content (AvgIpc) is 3.32. The Balaban J connectivity index is 1.46. The van der Waals surface area contributed by atoms with Gasteiger partial charge in [-0.1, -0.05) is 79.2 Å². The van der Waals surface area contributed by atoms with Gasteiger partial charge >= 0.3 is 0 Å². The van der Waals surface area contributed by atoms with Crippen LogP contribution in [0.4, 0.5) is 0 Å². The van der Waals surface area contributed by atoms with Crippen LogP contribution in [0, 0.1) is 28.6 Å². The second-order valence-electron chi connectivity index (χ2n) is 13.1. The van der Waals surface area contributed by atoms with Crippen LogP contribution >= 0.6 is 0 Å². The number of hydrogen-bond donors (Lipinski definition) is 3. The molecule has 3 N–H and O–H groups in total. The van der Waals surface area contributed by atoms with Crippen LogP contribution in [0.1, 0.15) is 53.9 Å². The molecule has 0 saturated heterocycles. The molecule has 214 valence electrons. The Labute approximate surface area is 241 Å². The van der Waals surface area contributed by atoms with Crippen molar-refractivity contribution < 1.29 is 24.9 Å². The lowest BCUT2D eigenvalue weighted by Crippen LogP contribution is -2.62. The summed E-state index contributed by atoms with van der Waals surface area (Å²) in [5, 5.41) is 35.7. The summed E-state index contributed by atoms with van der Waals surface area (Å²) in [7, 11) is 1.52. The number of aliphatic hydroxyl groups excluding tert-OH is 2. The van der Waals surface area contributed by atoms with Crippen LogP contribution < -0.4 is 0 Å². The molecule has 41 heavy (non-hydrogen) atoms. The molecule has 0 aliphatic heterocycles. The highest BCUT2D eigenvalue weighted by Crippen LogP contribution is 2.80. The van der Waals surface area contributed by atoms with Gasteiger partial charge in [0.1, 0.15) is 5.78 Å². The van der Waals surface area contributed by atoms with Crippen molar-refractivity contribution in [2.24, 2.45) is 28.6 Å². The number of carbonyl (C=O) groups excluding carboxylic acids is 1. The number of rotatable bonds is 3. The predicted molar refractivity (Wildman–Crippen MR) is 158 cm³/mol. The Morgan fingerprint density at radius 3 is 2.54 bits per heavy atom. The number of ether oxygens (including phenoxy) is 1. The number of fused-ring (bicyclic) bond motifs is 5. The van der Waals surface area contributed by atoms with Crippen LogP contribution in [0.3, 0.4) is 0 Å². The van der Waals surface area contributed by atoms with Gasteiger partial charge in [-0.2, -0.15) is 0 Å². The van der Waals surface area contributed by atoms with E-state index in [1.54, 1.807) is 0 Å². The van der Waals surface area contributed by atoms with Gasteiger partial charge in [0.05, 0.1) is 12.0 Å². The molecule has 7 bridgehead atoms. The van der Waals surface area contributed by atoms with Crippen LogP contribution in [0.25, 0.3) is 10.8 Å². The molecular formula is C36H40O5. The first-order valence-electron chi connectivity index (χ1n) is 15.1. The van der Waals surface area contributed by atoms with Crippen LogP contribution in [0.2, 0.25) is 0 Å². The maximum Gasteiger partial charge on any atom is 0.185 e. The van der Waals surface area contributed by atoms with Crippen molar-refractivity contribution >= 4 is 16.6 Å². The predicted octanol–water partition coefficient (Wildman–Crippen LogP) is 5.13. The van der Waals surface area contributed by atoms with Gasteiger partial charge in [0.15, 0.2) is 5.79 Å². The molecule has 0 unspecified atom stereocenters. The first kappa shape index (κ1) is 27.0. The third-order valence-electron chi connectivity index (χ3n) is 11.6. The van der Waals surface area contributed by atoms with Crippen molar-refractivity contribution in [3.8, 4) is 0 Å². The minimum Gasteiger partial charge on any atom is -0.396 e. The van der Waals surface area contributed by atoms with E-state index in [-0.39, 0.29) is 43.2 Å². The van der Waals surface area contributed by atoms with Crippen molar-refractivity contribution in [3.63, 3.8) is 0 Å². The van der Waals surface area contributed by atoms with Gasteiger partial charge in [-0.05, 0) is 77.0 Å². The summed E-state index contributed by atoms with van der Waals surface area (Å²) in [6.07, 6.45) is 4.60. The Hall–Kier alpha value is -2.83. The zero-order chi connectivity index (χ0) is 28.6. The Kier molecular flexibility index (Phi) is 6.33. The molecule has 0 radical (unpaired) electrons. The average molecular weight is 553 g/mol. The van der Waals surface area contributed by atoms with E-state index >= 15 is 0 Å². The second kappa shape index (κ2) is 9.60. The molecule has 7 atom stereocenters. The molecule has 0 amide bonds. The summed E-state index contributed by atoms with van der Waals surface area (Å²) in [6.45, 7) is 4.56. The largest absolute Gasteiger partial charge is 0.396 e. The van der Waals surface area contributed by atoms with E-state index in [0.29, 0.717) is 19.3 Å². The van der Waals surface area contributed by atoms with Crippen molar-refractivity contribution in [3.05, 3.63) is 95.1 Å². The summed E-state index contributed by atoms with van der Waals surface area (Å²) >= 11 is 0. The van der Waals surface area contributed by atoms with E-state index in [1.165, 1.54) is 7.11 Å². The standard InChI is InChI=1S/C36H40O5/c1-22-33-30(21-38)31-7-4-14-34(22)19-25-8-10-26-11-12-27(18-28(26)17-25)29(20-37)16-24-6-3-5-23(15-24)9-13-32(39)35(31,34)36(33,40)41-2/h3,5-6,8,10-12,15,17-18,29-31,33,37-38,40H,1,4,7,9,13-14,16,19-21H2,2H3/t29-,30-,31+,33-,34-,35+,36+/m1/s1. The van der Waals surface area contributed by atoms with E-state index in [1.807, 2.05) is 6.07 Å². The molecule has 4 aliphatic carbocycles. The summed E-state index contributed by atoms with van der Waals surface area (Å²) in [5.74, 6) is -2.61. The smallest absolute Gasteiger partial charge is 0.185 e. The minimum atomic E-state index is -1.70. The molecule has 3 saturated carbocycles. The molecule has 5 heteroatoms. The highest BCUT2D eigenvalue weighted by atomic mass is 16.6. The fourth-order valence-corrected chi connectivity index (χ4v) is 10.0. The van der Waals surface area contributed by atoms with Crippen molar-refractivity contribution in [2.45, 2.75) is 56.7 Å². The number of benzene rings is 3. The summed E-state index contributed by atoms with van der Waals surface area (Å²) < 4.78 is 6.04. The monoisotopic (exact) mass is 552 g/mol. The highest BCUT2D eigenvalue weighted by Gasteiger charge is 2.85. The lowest BCUT2D eigenvalue weighted by Gasteiger charge is -2.57. The maximum atomic E-state index is 14.9. The molecular weight excluding hydrogens is 512 g/mol. The summed E-state index contributed by atoms with van der Waals surface area (Å²) in [4.78, 5) is 14.9. The fourth-order valence-electron chi connectivity index (χ4n) is 10.0. The van der Waals surface area contributed by atoms with Crippen LogP contribution in [0.15, 0.2) is 72.8 Å². The molecule has 7 rings (SSSR count). The van der Waals surface area contributed by atoms with E-state index < -0.39 is 22.5 Å². The Morgan fingerprint density at radius 1 is 0.951 bits per heavy atom. The lowest BCUT2D eigenvalue weighted by atomic mass is 9.45. The van der Waals surface area contributed by atoms with Crippen molar-refractivity contribution in [1.29, 1.82) is 0 Å². The first-order valence-corrected chi connectivity index (χ1v) is 15.1. The van der Waals surface area contributed by atoms with Gasteiger partial charge in [0, 0.05) is 37.4 Å². The van der Waals surface area contributed by atoms with Crippen LogP contribution in [-0.2, 0) is 28.8 Å². The third kappa shape index (κ3) is 3.47. The molecule has 5 nitrogen and oxygen atoms in total. The van der Waals surface area contributed by atoms with Gasteiger partial charge in [-0.15, -0.1) is 0 Å². The van der Waals surface area contributed by atoms with Crippen LogP contribution in [-0.4, -0.2) is 47.2 Å². The Morgan fingerprint density at radius 2 is 1.76 bits per heavy atom. The summed E-state index contributed by atoms with van der Waals surface area (Å²) in [5.41, 5.74) is 3.45. The topological polar surface area (TPSA) is 87.0 Å². The highest BCUT2D eigenvalue weighted by molar-refractivity contribution is 5.91. The lowest BCUT2D eigenvalue weighted by molar-refractivity contribution is -0.267. The molecule has 0 heterocycles. The van der Waals surface area contributed by atoms with Gasteiger partial charge in [0.2, 0.25) is 0 Å². The number of ketones is 1. The molecule has 3 aromatic carbocycles. The van der Waals surface area contributed by atoms with E-state index in [0.717, 1.165) is 57.9 Å². The minimum absolute atomic E-state index is 0.0220.